The number of hydrogen-bond acceptors (Lipinski definition) is 4. The van der Waals surface area contributed by atoms with Gasteiger partial charge in [-0.25, -0.2) is 4.98 Å². The first-order valence-electron chi connectivity index (χ1n) is 7.68. The molecular weight excluding hydrogens is 266 g/mol. The van der Waals surface area contributed by atoms with Crippen molar-refractivity contribution in [3.05, 3.63) is 12.2 Å². The van der Waals surface area contributed by atoms with Crippen LogP contribution in [0.5, 0.6) is 0 Å². The largest absolute Gasteiger partial charge is 0.355 e. The molecule has 1 aliphatic rings. The number of aliphatic imine (C=N–C) groups is 1. The first kappa shape index (κ1) is 15.8. The van der Waals surface area contributed by atoms with Crippen LogP contribution in [0.3, 0.4) is 0 Å². The Hall–Kier alpha value is -1.63. The molecule has 1 saturated heterocycles. The normalized spacial score (nSPS) is 20.5. The highest BCUT2D eigenvalue weighted by molar-refractivity contribution is 5.79. The molecule has 0 spiro atoms. The number of piperidine rings is 1. The summed E-state index contributed by atoms with van der Waals surface area (Å²) in [6.45, 7) is 7.36. The summed E-state index contributed by atoms with van der Waals surface area (Å²) in [6.07, 6.45) is 4.25. The maximum absolute atomic E-state index is 4.23. The van der Waals surface area contributed by atoms with Crippen molar-refractivity contribution in [1.82, 2.24) is 30.3 Å². The Bertz CT molecular complexity index is 454. The van der Waals surface area contributed by atoms with Crippen molar-refractivity contribution in [1.29, 1.82) is 0 Å². The molecule has 21 heavy (non-hydrogen) atoms. The van der Waals surface area contributed by atoms with Crippen molar-refractivity contribution in [2.75, 3.05) is 33.2 Å². The van der Waals surface area contributed by atoms with E-state index in [2.05, 4.69) is 37.5 Å². The zero-order valence-electron chi connectivity index (χ0n) is 13.3. The fraction of sp³-hybridized carbons (Fsp3) is 0.786. The third-order valence-corrected chi connectivity index (χ3v) is 3.90. The van der Waals surface area contributed by atoms with Crippen LogP contribution in [-0.4, -0.2) is 58.9 Å². The monoisotopic (exact) mass is 293 g/mol. The van der Waals surface area contributed by atoms with E-state index in [1.54, 1.807) is 18.1 Å². The number of likely N-dealkylation sites (tertiary alicyclic amines) is 1. The molecule has 2 N–H and O–H groups in total. The van der Waals surface area contributed by atoms with Crippen molar-refractivity contribution in [3.8, 4) is 0 Å². The fourth-order valence-corrected chi connectivity index (χ4v) is 2.69. The Labute approximate surface area is 126 Å². The van der Waals surface area contributed by atoms with Crippen LogP contribution < -0.4 is 10.6 Å². The second kappa shape index (κ2) is 7.97. The van der Waals surface area contributed by atoms with E-state index in [1.165, 1.54) is 25.9 Å². The van der Waals surface area contributed by atoms with E-state index >= 15 is 0 Å². The summed E-state index contributed by atoms with van der Waals surface area (Å²) in [4.78, 5) is 10.9. The fourth-order valence-electron chi connectivity index (χ4n) is 2.69. The van der Waals surface area contributed by atoms with E-state index in [4.69, 9.17) is 0 Å². The van der Waals surface area contributed by atoms with Crippen LogP contribution >= 0.6 is 0 Å². The molecule has 2 heterocycles. The van der Waals surface area contributed by atoms with E-state index in [9.17, 15) is 0 Å². The minimum absolute atomic E-state index is 0.622. The van der Waals surface area contributed by atoms with E-state index in [-0.39, 0.29) is 0 Å². The van der Waals surface area contributed by atoms with Gasteiger partial charge in [0, 0.05) is 33.7 Å². The lowest BCUT2D eigenvalue weighted by Crippen LogP contribution is -2.43. The quantitative estimate of drug-likeness (QED) is 0.600. The molecule has 2 rings (SSSR count). The van der Waals surface area contributed by atoms with Gasteiger partial charge in [0.15, 0.2) is 5.96 Å². The molecule has 1 unspecified atom stereocenters. The number of aryl methyl sites for hydroxylation is 1. The van der Waals surface area contributed by atoms with Crippen molar-refractivity contribution in [2.45, 2.75) is 26.3 Å². The SMILES string of the molecule is CN=C(NCCN1CCCC(C)C1)NCc1ncnn1C. The molecular formula is C14H27N7. The number of nitrogens with one attached hydrogen (secondary N) is 2. The zero-order valence-corrected chi connectivity index (χ0v) is 13.3. The highest BCUT2D eigenvalue weighted by Gasteiger charge is 2.15. The lowest BCUT2D eigenvalue weighted by molar-refractivity contribution is 0.187. The second-order valence-electron chi connectivity index (χ2n) is 5.70. The first-order chi connectivity index (χ1) is 10.2. The lowest BCUT2D eigenvalue weighted by atomic mass is 10.0. The van der Waals surface area contributed by atoms with Crippen LogP contribution in [0.2, 0.25) is 0 Å². The first-order valence-corrected chi connectivity index (χ1v) is 7.68. The minimum Gasteiger partial charge on any atom is -0.355 e. The standard InChI is InChI=1S/C14H27N7/c1-12-5-4-7-21(10-12)8-6-16-14(15-2)17-9-13-18-11-19-20(13)3/h11-12H,4-10H2,1-3H3,(H2,15,16,17). The topological polar surface area (TPSA) is 70.4 Å². The van der Waals surface area contributed by atoms with Gasteiger partial charge in [0.25, 0.3) is 0 Å². The molecule has 1 aromatic rings. The molecule has 1 aliphatic heterocycles. The van der Waals surface area contributed by atoms with Crippen molar-refractivity contribution >= 4 is 5.96 Å². The maximum Gasteiger partial charge on any atom is 0.191 e. The second-order valence-corrected chi connectivity index (χ2v) is 5.70. The Morgan fingerprint density at radius 1 is 1.48 bits per heavy atom. The zero-order chi connectivity index (χ0) is 15.1. The minimum atomic E-state index is 0.622. The molecule has 0 saturated carbocycles. The van der Waals surface area contributed by atoms with Crippen molar-refractivity contribution in [3.63, 3.8) is 0 Å². The van der Waals surface area contributed by atoms with Crippen LogP contribution in [-0.2, 0) is 13.6 Å². The van der Waals surface area contributed by atoms with Crippen molar-refractivity contribution < 1.29 is 0 Å². The number of guanidine groups is 1. The van der Waals surface area contributed by atoms with E-state index in [0.29, 0.717) is 6.54 Å². The van der Waals surface area contributed by atoms with Crippen LogP contribution in [0.1, 0.15) is 25.6 Å². The lowest BCUT2D eigenvalue weighted by Gasteiger charge is -2.30. The molecule has 0 aromatic carbocycles. The number of aromatic nitrogens is 3. The molecule has 0 bridgehead atoms. The van der Waals surface area contributed by atoms with Crippen LogP contribution in [0.25, 0.3) is 0 Å². The van der Waals surface area contributed by atoms with Gasteiger partial charge in [-0.1, -0.05) is 6.92 Å². The van der Waals surface area contributed by atoms with Gasteiger partial charge in [0.2, 0.25) is 0 Å². The third kappa shape index (κ3) is 5.00. The molecule has 1 fully saturated rings. The van der Waals surface area contributed by atoms with E-state index < -0.39 is 0 Å². The average Bonchev–Trinajstić information content (AvgIpc) is 2.88. The summed E-state index contributed by atoms with van der Waals surface area (Å²) in [5, 5.41) is 10.7. The number of hydrogen-bond donors (Lipinski definition) is 2. The van der Waals surface area contributed by atoms with Crippen LogP contribution in [0.15, 0.2) is 11.3 Å². The van der Waals surface area contributed by atoms with Gasteiger partial charge in [-0.05, 0) is 25.3 Å². The molecule has 1 aromatic heterocycles. The molecule has 0 radical (unpaired) electrons. The molecule has 7 heteroatoms. The number of rotatable bonds is 5. The van der Waals surface area contributed by atoms with Crippen LogP contribution in [0, 0.1) is 5.92 Å². The van der Waals surface area contributed by atoms with Gasteiger partial charge in [-0.2, -0.15) is 5.10 Å². The van der Waals surface area contributed by atoms with Gasteiger partial charge in [0.05, 0.1) is 6.54 Å². The van der Waals surface area contributed by atoms with Gasteiger partial charge in [-0.15, -0.1) is 0 Å². The molecule has 7 nitrogen and oxygen atoms in total. The van der Waals surface area contributed by atoms with E-state index in [0.717, 1.165) is 30.8 Å². The highest BCUT2D eigenvalue weighted by Crippen LogP contribution is 2.14. The highest BCUT2D eigenvalue weighted by atomic mass is 15.3. The van der Waals surface area contributed by atoms with Gasteiger partial charge in [-0.3, -0.25) is 9.67 Å². The smallest absolute Gasteiger partial charge is 0.191 e. The molecule has 118 valence electrons. The molecule has 0 aliphatic carbocycles. The Kier molecular flexibility index (Phi) is 5.98. The Morgan fingerprint density at radius 3 is 3.00 bits per heavy atom. The van der Waals surface area contributed by atoms with E-state index in [1.807, 2.05) is 7.05 Å². The summed E-state index contributed by atoms with van der Waals surface area (Å²) < 4.78 is 1.76. The third-order valence-electron chi connectivity index (χ3n) is 3.90. The van der Waals surface area contributed by atoms with Gasteiger partial charge in [0.1, 0.15) is 12.2 Å². The number of nitrogens with zero attached hydrogens (tertiary/aromatic N) is 5. The van der Waals surface area contributed by atoms with Crippen molar-refractivity contribution in [2.24, 2.45) is 18.0 Å². The summed E-state index contributed by atoms with van der Waals surface area (Å²) in [7, 11) is 3.67. The van der Waals surface area contributed by atoms with Gasteiger partial charge >= 0.3 is 0 Å². The van der Waals surface area contributed by atoms with Gasteiger partial charge < -0.3 is 15.5 Å². The predicted molar refractivity (Wildman–Crippen MR) is 84.0 cm³/mol. The molecule has 0 amide bonds. The average molecular weight is 293 g/mol. The summed E-state index contributed by atoms with van der Waals surface area (Å²) >= 11 is 0. The Morgan fingerprint density at radius 2 is 2.33 bits per heavy atom. The Balaban J connectivity index is 1.67. The summed E-state index contributed by atoms with van der Waals surface area (Å²) in [5.41, 5.74) is 0. The maximum atomic E-state index is 4.23. The van der Waals surface area contributed by atoms with Crippen LogP contribution in [0.4, 0.5) is 0 Å². The summed E-state index contributed by atoms with van der Waals surface area (Å²) in [5.74, 6) is 2.53. The molecule has 1 atom stereocenters. The predicted octanol–water partition coefficient (Wildman–Crippen LogP) is 0.212. The summed E-state index contributed by atoms with van der Waals surface area (Å²) in [6, 6.07) is 0.